The number of benzene rings is 1. The molecule has 1 N–H and O–H groups in total. The standard InChI is InChI=1S/C15H16N2O3/c1-11(18)16-13-7-5-12(6-8-13)15(19)17(2)10-14-4-3-9-20-14/h3-9H,10H2,1-2H3,(H,16,18). The zero-order valence-corrected chi connectivity index (χ0v) is 11.4. The van der Waals surface area contributed by atoms with Crippen LogP contribution in [0.5, 0.6) is 0 Å². The maximum absolute atomic E-state index is 12.2. The van der Waals surface area contributed by atoms with Gasteiger partial charge >= 0.3 is 0 Å². The minimum atomic E-state index is -0.140. The van der Waals surface area contributed by atoms with E-state index < -0.39 is 0 Å². The Morgan fingerprint density at radius 3 is 2.45 bits per heavy atom. The van der Waals surface area contributed by atoms with E-state index in [4.69, 9.17) is 4.42 Å². The molecule has 0 bridgehead atoms. The Balaban J connectivity index is 2.03. The topological polar surface area (TPSA) is 62.6 Å². The first-order chi connectivity index (χ1) is 9.56. The third-order valence-electron chi connectivity index (χ3n) is 2.77. The SMILES string of the molecule is CC(=O)Nc1ccc(C(=O)N(C)Cc2ccco2)cc1. The molecule has 5 heteroatoms. The maximum atomic E-state index is 12.2. The first-order valence-corrected chi connectivity index (χ1v) is 6.22. The molecule has 1 heterocycles. The summed E-state index contributed by atoms with van der Waals surface area (Å²) in [6.45, 7) is 1.86. The van der Waals surface area contributed by atoms with E-state index in [1.165, 1.54) is 6.92 Å². The molecule has 0 unspecified atom stereocenters. The van der Waals surface area contributed by atoms with Crippen LogP contribution in [-0.2, 0) is 11.3 Å². The number of amides is 2. The summed E-state index contributed by atoms with van der Waals surface area (Å²) in [4.78, 5) is 24.7. The Bertz CT molecular complexity index is 588. The fraction of sp³-hybridized carbons (Fsp3) is 0.200. The zero-order valence-electron chi connectivity index (χ0n) is 11.4. The minimum Gasteiger partial charge on any atom is -0.467 e. The smallest absolute Gasteiger partial charge is 0.254 e. The van der Waals surface area contributed by atoms with Gasteiger partial charge < -0.3 is 14.6 Å². The lowest BCUT2D eigenvalue weighted by atomic mass is 10.2. The fourth-order valence-electron chi connectivity index (χ4n) is 1.83. The number of nitrogens with zero attached hydrogens (tertiary/aromatic N) is 1. The molecule has 0 radical (unpaired) electrons. The largest absolute Gasteiger partial charge is 0.467 e. The van der Waals surface area contributed by atoms with Crippen LogP contribution in [0, 0.1) is 0 Å². The number of carbonyl (C=O) groups is 2. The van der Waals surface area contributed by atoms with Crippen molar-refractivity contribution in [1.82, 2.24) is 4.90 Å². The monoisotopic (exact) mass is 272 g/mol. The van der Waals surface area contributed by atoms with Crippen LogP contribution in [0.2, 0.25) is 0 Å². The Labute approximate surface area is 117 Å². The maximum Gasteiger partial charge on any atom is 0.254 e. The number of furan rings is 1. The van der Waals surface area contributed by atoms with Crippen molar-refractivity contribution in [2.24, 2.45) is 0 Å². The number of hydrogen-bond acceptors (Lipinski definition) is 3. The van der Waals surface area contributed by atoms with Crippen molar-refractivity contribution in [3.8, 4) is 0 Å². The van der Waals surface area contributed by atoms with E-state index in [1.54, 1.807) is 48.5 Å². The van der Waals surface area contributed by atoms with Crippen molar-refractivity contribution >= 4 is 17.5 Å². The molecule has 0 spiro atoms. The van der Waals surface area contributed by atoms with E-state index in [1.807, 2.05) is 6.07 Å². The zero-order chi connectivity index (χ0) is 14.5. The van der Waals surface area contributed by atoms with Gasteiger partial charge in [-0.3, -0.25) is 9.59 Å². The van der Waals surface area contributed by atoms with Crippen LogP contribution in [0.1, 0.15) is 23.0 Å². The second-order valence-corrected chi connectivity index (χ2v) is 4.50. The number of nitrogens with one attached hydrogen (secondary N) is 1. The highest BCUT2D eigenvalue weighted by Crippen LogP contribution is 2.13. The Kier molecular flexibility index (Phi) is 4.20. The third kappa shape index (κ3) is 3.47. The summed E-state index contributed by atoms with van der Waals surface area (Å²) < 4.78 is 5.21. The lowest BCUT2D eigenvalue weighted by Gasteiger charge is -2.16. The molecule has 0 fully saturated rings. The molecular weight excluding hydrogens is 256 g/mol. The van der Waals surface area contributed by atoms with Crippen LogP contribution in [0.4, 0.5) is 5.69 Å². The second-order valence-electron chi connectivity index (χ2n) is 4.50. The highest BCUT2D eigenvalue weighted by Gasteiger charge is 2.13. The quantitative estimate of drug-likeness (QED) is 0.930. The molecule has 0 saturated heterocycles. The summed E-state index contributed by atoms with van der Waals surface area (Å²) in [5.41, 5.74) is 1.23. The van der Waals surface area contributed by atoms with Crippen LogP contribution < -0.4 is 5.32 Å². The molecule has 2 rings (SSSR count). The Morgan fingerprint density at radius 1 is 1.20 bits per heavy atom. The van der Waals surface area contributed by atoms with E-state index in [-0.39, 0.29) is 11.8 Å². The van der Waals surface area contributed by atoms with Gasteiger partial charge in [0.05, 0.1) is 12.8 Å². The van der Waals surface area contributed by atoms with E-state index in [0.717, 1.165) is 5.76 Å². The van der Waals surface area contributed by atoms with E-state index in [2.05, 4.69) is 5.32 Å². The minimum absolute atomic E-state index is 0.101. The molecule has 1 aromatic heterocycles. The van der Waals surface area contributed by atoms with Crippen molar-refractivity contribution in [2.45, 2.75) is 13.5 Å². The van der Waals surface area contributed by atoms with Crippen molar-refractivity contribution in [3.05, 3.63) is 54.0 Å². The molecule has 104 valence electrons. The van der Waals surface area contributed by atoms with Crippen LogP contribution in [-0.4, -0.2) is 23.8 Å². The van der Waals surface area contributed by atoms with Gasteiger partial charge in [0.15, 0.2) is 0 Å². The molecule has 0 saturated carbocycles. The summed E-state index contributed by atoms with van der Waals surface area (Å²) in [6, 6.07) is 10.4. The molecule has 0 aliphatic heterocycles. The first kappa shape index (κ1) is 13.9. The average Bonchev–Trinajstić information content (AvgIpc) is 2.91. The number of anilines is 1. The van der Waals surface area contributed by atoms with Crippen LogP contribution >= 0.6 is 0 Å². The van der Waals surface area contributed by atoms with Gasteiger partial charge in [-0.05, 0) is 36.4 Å². The average molecular weight is 272 g/mol. The molecule has 1 aromatic carbocycles. The molecule has 0 atom stereocenters. The van der Waals surface area contributed by atoms with Crippen molar-refractivity contribution in [2.75, 3.05) is 12.4 Å². The number of carbonyl (C=O) groups excluding carboxylic acids is 2. The first-order valence-electron chi connectivity index (χ1n) is 6.22. The van der Waals surface area contributed by atoms with E-state index >= 15 is 0 Å². The van der Waals surface area contributed by atoms with Gasteiger partial charge in [0.2, 0.25) is 5.91 Å². The van der Waals surface area contributed by atoms with Crippen molar-refractivity contribution in [1.29, 1.82) is 0 Å². The lowest BCUT2D eigenvalue weighted by molar-refractivity contribution is -0.114. The molecule has 2 aromatic rings. The van der Waals surface area contributed by atoms with Crippen molar-refractivity contribution < 1.29 is 14.0 Å². The Morgan fingerprint density at radius 2 is 1.90 bits per heavy atom. The van der Waals surface area contributed by atoms with Gasteiger partial charge in [0, 0.05) is 25.2 Å². The van der Waals surface area contributed by atoms with Gasteiger partial charge in [-0.25, -0.2) is 0 Å². The fourth-order valence-corrected chi connectivity index (χ4v) is 1.83. The van der Waals surface area contributed by atoms with Gasteiger partial charge in [-0.2, -0.15) is 0 Å². The molecule has 5 nitrogen and oxygen atoms in total. The summed E-state index contributed by atoms with van der Waals surface area (Å²) in [5, 5.41) is 2.66. The number of hydrogen-bond donors (Lipinski definition) is 1. The summed E-state index contributed by atoms with van der Waals surface area (Å²) in [7, 11) is 1.71. The van der Waals surface area contributed by atoms with Gasteiger partial charge in [0.25, 0.3) is 5.91 Å². The second kappa shape index (κ2) is 6.06. The summed E-state index contributed by atoms with van der Waals surface area (Å²) in [6.07, 6.45) is 1.58. The van der Waals surface area contributed by atoms with Gasteiger partial charge in [-0.1, -0.05) is 0 Å². The summed E-state index contributed by atoms with van der Waals surface area (Å²) in [5.74, 6) is 0.491. The molecule has 0 aliphatic carbocycles. The predicted molar refractivity (Wildman–Crippen MR) is 75.3 cm³/mol. The normalized spacial score (nSPS) is 10.1. The predicted octanol–water partition coefficient (Wildman–Crippen LogP) is 2.51. The molecular formula is C15H16N2O3. The van der Waals surface area contributed by atoms with Gasteiger partial charge in [0.1, 0.15) is 5.76 Å². The van der Waals surface area contributed by atoms with Gasteiger partial charge in [-0.15, -0.1) is 0 Å². The highest BCUT2D eigenvalue weighted by atomic mass is 16.3. The highest BCUT2D eigenvalue weighted by molar-refractivity contribution is 5.95. The number of rotatable bonds is 4. The molecule has 0 aliphatic rings. The van der Waals surface area contributed by atoms with Crippen molar-refractivity contribution in [3.63, 3.8) is 0 Å². The van der Waals surface area contributed by atoms with Crippen LogP contribution in [0.25, 0.3) is 0 Å². The van der Waals surface area contributed by atoms with Crippen LogP contribution in [0.3, 0.4) is 0 Å². The molecule has 2 amide bonds. The molecule has 20 heavy (non-hydrogen) atoms. The van der Waals surface area contributed by atoms with Crippen LogP contribution in [0.15, 0.2) is 47.1 Å². The van der Waals surface area contributed by atoms with E-state index in [9.17, 15) is 9.59 Å². The summed E-state index contributed by atoms with van der Waals surface area (Å²) >= 11 is 0. The van der Waals surface area contributed by atoms with E-state index in [0.29, 0.717) is 17.8 Å². The third-order valence-corrected chi connectivity index (χ3v) is 2.77. The lowest BCUT2D eigenvalue weighted by Crippen LogP contribution is -2.25. The Hall–Kier alpha value is -2.56.